The molecular formula is C67H46N2O. The summed E-state index contributed by atoms with van der Waals surface area (Å²) in [5.74, 6) is 0. The van der Waals surface area contributed by atoms with Gasteiger partial charge in [-0.2, -0.15) is 0 Å². The Morgan fingerprint density at radius 3 is 1.80 bits per heavy atom. The van der Waals surface area contributed by atoms with Crippen LogP contribution in [0.4, 0.5) is 17.1 Å². The van der Waals surface area contributed by atoms with Crippen LogP contribution in [-0.4, -0.2) is 4.57 Å². The predicted molar refractivity (Wildman–Crippen MR) is 294 cm³/mol. The van der Waals surface area contributed by atoms with Gasteiger partial charge in [-0.05, 0) is 110 Å². The fraction of sp³-hybridized carbons (Fsp3) is 0.0448. The number of furan rings is 1. The highest BCUT2D eigenvalue weighted by molar-refractivity contribution is 6.14. The second-order valence-electron chi connectivity index (χ2n) is 19.2. The highest BCUT2D eigenvalue weighted by Crippen LogP contribution is 2.51. The van der Waals surface area contributed by atoms with Crippen molar-refractivity contribution in [1.29, 1.82) is 0 Å². The second kappa shape index (κ2) is 15.6. The van der Waals surface area contributed by atoms with Gasteiger partial charge in [0, 0.05) is 55.0 Å². The summed E-state index contributed by atoms with van der Waals surface area (Å²) in [6, 6.07) is 88.8. The molecular weight excluding hydrogens is 849 g/mol. The molecule has 0 bridgehead atoms. The van der Waals surface area contributed by atoms with Gasteiger partial charge in [0.2, 0.25) is 0 Å². The summed E-state index contributed by atoms with van der Waals surface area (Å²) in [7, 11) is 0. The molecule has 0 atom stereocenters. The van der Waals surface area contributed by atoms with Gasteiger partial charge in [-0.15, -0.1) is 0 Å². The van der Waals surface area contributed by atoms with Crippen molar-refractivity contribution in [3.8, 4) is 50.2 Å². The average Bonchev–Trinajstić information content (AvgIpc) is 4.04. The van der Waals surface area contributed by atoms with Gasteiger partial charge >= 0.3 is 0 Å². The van der Waals surface area contributed by atoms with Crippen LogP contribution in [0.1, 0.15) is 25.0 Å². The molecule has 330 valence electrons. The summed E-state index contributed by atoms with van der Waals surface area (Å²) in [6.07, 6.45) is 0. The third-order valence-electron chi connectivity index (χ3n) is 15.0. The lowest BCUT2D eigenvalue weighted by atomic mass is 9.81. The van der Waals surface area contributed by atoms with Gasteiger partial charge in [0.1, 0.15) is 11.2 Å². The van der Waals surface area contributed by atoms with Crippen LogP contribution >= 0.6 is 0 Å². The van der Waals surface area contributed by atoms with Crippen LogP contribution in [0, 0.1) is 0 Å². The fourth-order valence-electron chi connectivity index (χ4n) is 11.7. The van der Waals surface area contributed by atoms with E-state index in [1.165, 1.54) is 54.9 Å². The number of nitrogens with zero attached hydrogens (tertiary/aromatic N) is 2. The minimum atomic E-state index is -0.113. The van der Waals surface area contributed by atoms with Crippen molar-refractivity contribution in [3.63, 3.8) is 0 Å². The first-order chi connectivity index (χ1) is 34.5. The first kappa shape index (κ1) is 40.2. The largest absolute Gasteiger partial charge is 0.455 e. The quantitative estimate of drug-likeness (QED) is 0.159. The van der Waals surface area contributed by atoms with Crippen molar-refractivity contribution in [2.75, 3.05) is 4.90 Å². The van der Waals surface area contributed by atoms with E-state index >= 15 is 0 Å². The normalized spacial score (nSPS) is 12.8. The summed E-state index contributed by atoms with van der Waals surface area (Å²) >= 11 is 0. The average molecular weight is 895 g/mol. The summed E-state index contributed by atoms with van der Waals surface area (Å²) < 4.78 is 9.42. The van der Waals surface area contributed by atoms with E-state index in [4.69, 9.17) is 4.42 Å². The van der Waals surface area contributed by atoms with Crippen LogP contribution in [0.5, 0.6) is 0 Å². The van der Waals surface area contributed by atoms with E-state index in [9.17, 15) is 0 Å². The third kappa shape index (κ3) is 6.08. The molecule has 0 saturated heterocycles. The molecule has 13 aromatic rings. The first-order valence-corrected chi connectivity index (χ1v) is 24.2. The fourth-order valence-corrected chi connectivity index (χ4v) is 11.7. The molecule has 1 aliphatic carbocycles. The zero-order valence-corrected chi connectivity index (χ0v) is 38.9. The van der Waals surface area contributed by atoms with Crippen LogP contribution < -0.4 is 4.90 Å². The monoisotopic (exact) mass is 894 g/mol. The maximum Gasteiger partial charge on any atom is 0.143 e. The lowest BCUT2D eigenvalue weighted by Gasteiger charge is -2.29. The standard InChI is InChI=1S/C67H46N2O/c1-67(2)59-31-11-5-24-50(59)51-38-37-45(40-60(51)67)44-21-17-22-46(39-44)68(61-32-12-6-25-52(61)49-30-18-20-43-19-3-4-23-48(43)49)47-41-57(66-58(42-47)56-29-10-16-36-65(56)70-66)55-28-9-15-35-64(55)69-62-33-13-7-26-53(62)54-27-8-14-34-63(54)69/h3-42H,1-2H3. The zero-order valence-electron chi connectivity index (χ0n) is 38.9. The molecule has 0 radical (unpaired) electrons. The second-order valence-corrected chi connectivity index (χ2v) is 19.2. The zero-order chi connectivity index (χ0) is 46.5. The molecule has 1 aliphatic rings. The van der Waals surface area contributed by atoms with Gasteiger partial charge in [0.25, 0.3) is 0 Å². The summed E-state index contributed by atoms with van der Waals surface area (Å²) in [4.78, 5) is 2.47. The molecule has 0 unspecified atom stereocenters. The van der Waals surface area contributed by atoms with Gasteiger partial charge in [0.05, 0.1) is 22.4 Å². The van der Waals surface area contributed by atoms with E-state index in [1.54, 1.807) is 0 Å². The van der Waals surface area contributed by atoms with E-state index < -0.39 is 0 Å². The third-order valence-corrected chi connectivity index (χ3v) is 15.0. The van der Waals surface area contributed by atoms with Crippen LogP contribution in [0.15, 0.2) is 247 Å². The van der Waals surface area contributed by atoms with Crippen molar-refractivity contribution in [2.45, 2.75) is 19.3 Å². The van der Waals surface area contributed by atoms with Crippen LogP contribution in [0.25, 0.3) is 105 Å². The first-order valence-electron chi connectivity index (χ1n) is 24.2. The lowest BCUT2D eigenvalue weighted by molar-refractivity contribution is 0.660. The van der Waals surface area contributed by atoms with Crippen molar-refractivity contribution < 1.29 is 4.42 Å². The highest BCUT2D eigenvalue weighted by atomic mass is 16.3. The Bertz CT molecular complexity index is 4180. The SMILES string of the molecule is CC1(C)c2ccccc2-c2ccc(-c3cccc(N(c4cc(-c5ccccc5-n5c6ccccc6c6ccccc65)c5oc6ccccc6c5c4)c4ccccc4-c4cccc5ccccc45)c3)cc21. The van der Waals surface area contributed by atoms with E-state index in [1.807, 2.05) is 0 Å². The summed E-state index contributed by atoms with van der Waals surface area (Å²) in [5.41, 5.74) is 20.3. The van der Waals surface area contributed by atoms with Crippen LogP contribution in [0.2, 0.25) is 0 Å². The maximum absolute atomic E-state index is 7.00. The topological polar surface area (TPSA) is 21.3 Å². The molecule has 14 rings (SSSR count). The molecule has 2 aromatic heterocycles. The molecule has 70 heavy (non-hydrogen) atoms. The maximum atomic E-state index is 7.00. The van der Waals surface area contributed by atoms with Gasteiger partial charge in [-0.1, -0.05) is 196 Å². The molecule has 0 N–H and O–H groups in total. The minimum absolute atomic E-state index is 0.113. The van der Waals surface area contributed by atoms with Crippen molar-refractivity contribution in [3.05, 3.63) is 254 Å². The molecule has 0 spiro atoms. The van der Waals surface area contributed by atoms with E-state index in [2.05, 4.69) is 266 Å². The molecule has 0 amide bonds. The molecule has 3 nitrogen and oxygen atoms in total. The Labute approximate surface area is 406 Å². The van der Waals surface area contributed by atoms with Crippen LogP contribution in [-0.2, 0) is 5.41 Å². The van der Waals surface area contributed by atoms with E-state index in [0.717, 1.165) is 78.0 Å². The van der Waals surface area contributed by atoms with Gasteiger partial charge in [0.15, 0.2) is 0 Å². The Balaban J connectivity index is 1.04. The predicted octanol–water partition coefficient (Wildman–Crippen LogP) is 18.6. The number of hydrogen-bond donors (Lipinski definition) is 0. The highest BCUT2D eigenvalue weighted by Gasteiger charge is 2.35. The summed E-state index contributed by atoms with van der Waals surface area (Å²) in [6.45, 7) is 4.72. The van der Waals surface area contributed by atoms with Crippen molar-refractivity contribution in [2.24, 2.45) is 0 Å². The Kier molecular flexibility index (Phi) is 8.93. The van der Waals surface area contributed by atoms with Gasteiger partial charge in [-0.3, -0.25) is 0 Å². The number of aromatic nitrogens is 1. The molecule has 11 aromatic carbocycles. The number of fused-ring (bicyclic) bond motifs is 10. The minimum Gasteiger partial charge on any atom is -0.455 e. The Morgan fingerprint density at radius 1 is 0.371 bits per heavy atom. The Hall–Kier alpha value is -8.92. The molecule has 0 fully saturated rings. The molecule has 0 saturated carbocycles. The van der Waals surface area contributed by atoms with Crippen molar-refractivity contribution in [1.82, 2.24) is 4.57 Å². The Morgan fingerprint density at radius 2 is 0.971 bits per heavy atom. The number of hydrogen-bond acceptors (Lipinski definition) is 2. The molecule has 3 heteroatoms. The smallest absolute Gasteiger partial charge is 0.143 e. The van der Waals surface area contributed by atoms with E-state index in [-0.39, 0.29) is 5.41 Å². The number of anilines is 3. The number of para-hydroxylation sites is 5. The van der Waals surface area contributed by atoms with E-state index in [0.29, 0.717) is 0 Å². The summed E-state index contributed by atoms with van der Waals surface area (Å²) in [5, 5.41) is 7.01. The van der Waals surface area contributed by atoms with Crippen LogP contribution in [0.3, 0.4) is 0 Å². The van der Waals surface area contributed by atoms with Gasteiger partial charge in [-0.25, -0.2) is 0 Å². The van der Waals surface area contributed by atoms with Crippen molar-refractivity contribution >= 4 is 71.6 Å². The lowest BCUT2D eigenvalue weighted by Crippen LogP contribution is -2.15. The molecule has 2 heterocycles. The number of benzene rings is 11. The number of rotatable bonds is 7. The molecule has 0 aliphatic heterocycles. The van der Waals surface area contributed by atoms with Gasteiger partial charge < -0.3 is 13.9 Å².